The van der Waals surface area contributed by atoms with E-state index in [0.29, 0.717) is 18.9 Å². The van der Waals surface area contributed by atoms with Gasteiger partial charge in [0.05, 0.1) is 6.54 Å². The van der Waals surface area contributed by atoms with Crippen molar-refractivity contribution in [2.24, 2.45) is 11.7 Å². The van der Waals surface area contributed by atoms with Crippen LogP contribution >= 0.6 is 11.6 Å². The fraction of sp³-hybridized carbons (Fsp3) is 0.429. The lowest BCUT2D eigenvalue weighted by Gasteiger charge is -2.12. The lowest BCUT2D eigenvalue weighted by atomic mass is 10.1. The van der Waals surface area contributed by atoms with Gasteiger partial charge in [-0.25, -0.2) is 0 Å². The van der Waals surface area contributed by atoms with Crippen LogP contribution in [0.1, 0.15) is 31.1 Å². The molecule has 0 aliphatic carbocycles. The molecule has 1 aromatic carbocycles. The van der Waals surface area contributed by atoms with Gasteiger partial charge in [0.15, 0.2) is 0 Å². The second-order valence-corrected chi connectivity index (χ2v) is 5.42. The molecule has 1 heterocycles. The van der Waals surface area contributed by atoms with Crippen LogP contribution in [-0.2, 0) is 19.5 Å². The van der Waals surface area contributed by atoms with E-state index in [1.165, 1.54) is 0 Å². The Morgan fingerprint density at radius 3 is 2.53 bits per heavy atom. The Bertz CT molecular complexity index is 548. The Morgan fingerprint density at radius 1 is 1.21 bits per heavy atom. The molecule has 5 heteroatoms. The van der Waals surface area contributed by atoms with Crippen molar-refractivity contribution in [2.45, 2.75) is 33.4 Å². The summed E-state index contributed by atoms with van der Waals surface area (Å²) in [6.45, 7) is 5.61. The van der Waals surface area contributed by atoms with Crippen LogP contribution in [0.4, 0.5) is 0 Å². The molecule has 2 aromatic rings. The van der Waals surface area contributed by atoms with Crippen molar-refractivity contribution in [2.75, 3.05) is 0 Å². The first-order chi connectivity index (χ1) is 9.11. The van der Waals surface area contributed by atoms with E-state index >= 15 is 0 Å². The lowest BCUT2D eigenvalue weighted by Crippen LogP contribution is -2.14. The highest BCUT2D eigenvalue weighted by atomic mass is 35.5. The predicted molar refractivity (Wildman–Crippen MR) is 77.0 cm³/mol. The van der Waals surface area contributed by atoms with Crippen LogP contribution < -0.4 is 5.73 Å². The molecule has 0 spiro atoms. The summed E-state index contributed by atoms with van der Waals surface area (Å²) in [6, 6.07) is 7.81. The number of hydrogen-bond donors (Lipinski definition) is 1. The van der Waals surface area contributed by atoms with Gasteiger partial charge in [-0.05, 0) is 17.5 Å². The van der Waals surface area contributed by atoms with Gasteiger partial charge in [0.1, 0.15) is 11.6 Å². The minimum Gasteiger partial charge on any atom is -0.324 e. The lowest BCUT2D eigenvalue weighted by molar-refractivity contribution is 0.495. The summed E-state index contributed by atoms with van der Waals surface area (Å²) in [5.74, 6) is 2.27. The van der Waals surface area contributed by atoms with E-state index in [-0.39, 0.29) is 0 Å². The Morgan fingerprint density at radius 2 is 1.89 bits per heavy atom. The van der Waals surface area contributed by atoms with Crippen LogP contribution in [0.5, 0.6) is 0 Å². The Hall–Kier alpha value is -1.39. The van der Waals surface area contributed by atoms with E-state index in [0.717, 1.165) is 28.8 Å². The highest BCUT2D eigenvalue weighted by Crippen LogP contribution is 2.19. The number of nitrogens with zero attached hydrogens (tertiary/aromatic N) is 3. The third kappa shape index (κ3) is 3.33. The van der Waals surface area contributed by atoms with Crippen LogP contribution in [0.25, 0.3) is 0 Å². The monoisotopic (exact) mass is 278 g/mol. The molecule has 102 valence electrons. The standard InChI is InChI=1S/C14H19ClN4/c1-10(2)9-19-13(17-18-14(19)8-16)7-11-5-3-4-6-12(11)15/h3-6,10H,7-9,16H2,1-2H3. The van der Waals surface area contributed by atoms with E-state index < -0.39 is 0 Å². The van der Waals surface area contributed by atoms with Gasteiger partial charge in [-0.2, -0.15) is 0 Å². The molecule has 0 saturated carbocycles. The third-order valence-electron chi connectivity index (χ3n) is 2.94. The molecule has 0 aliphatic rings. The molecule has 1 aromatic heterocycles. The number of rotatable bonds is 5. The summed E-state index contributed by atoms with van der Waals surface area (Å²) in [4.78, 5) is 0. The molecule has 0 radical (unpaired) electrons. The van der Waals surface area contributed by atoms with Crippen molar-refractivity contribution in [1.82, 2.24) is 14.8 Å². The highest BCUT2D eigenvalue weighted by Gasteiger charge is 2.13. The van der Waals surface area contributed by atoms with Crippen LogP contribution in [0, 0.1) is 5.92 Å². The van der Waals surface area contributed by atoms with Gasteiger partial charge in [-0.15, -0.1) is 10.2 Å². The molecule has 0 bridgehead atoms. The molecule has 2 N–H and O–H groups in total. The maximum absolute atomic E-state index is 6.19. The van der Waals surface area contributed by atoms with Crippen molar-refractivity contribution in [1.29, 1.82) is 0 Å². The maximum atomic E-state index is 6.19. The van der Waals surface area contributed by atoms with E-state index in [4.69, 9.17) is 17.3 Å². The number of hydrogen-bond acceptors (Lipinski definition) is 3. The zero-order valence-electron chi connectivity index (χ0n) is 11.3. The SMILES string of the molecule is CC(C)Cn1c(CN)nnc1Cc1ccccc1Cl. The third-order valence-corrected chi connectivity index (χ3v) is 3.31. The maximum Gasteiger partial charge on any atom is 0.146 e. The summed E-state index contributed by atoms with van der Waals surface area (Å²) in [5, 5.41) is 9.17. The summed E-state index contributed by atoms with van der Waals surface area (Å²) >= 11 is 6.19. The summed E-state index contributed by atoms with van der Waals surface area (Å²) < 4.78 is 2.11. The largest absolute Gasteiger partial charge is 0.324 e. The van der Waals surface area contributed by atoms with Gasteiger partial charge < -0.3 is 10.3 Å². The molecular formula is C14H19ClN4. The minimum atomic E-state index is 0.405. The van der Waals surface area contributed by atoms with Crippen molar-refractivity contribution in [3.63, 3.8) is 0 Å². The molecule has 0 amide bonds. The summed E-state index contributed by atoms with van der Waals surface area (Å²) in [6.07, 6.45) is 0.680. The van der Waals surface area contributed by atoms with Crippen molar-refractivity contribution < 1.29 is 0 Å². The number of halogens is 1. The average molecular weight is 279 g/mol. The zero-order chi connectivity index (χ0) is 13.8. The van der Waals surface area contributed by atoms with Gasteiger partial charge in [0.25, 0.3) is 0 Å². The van der Waals surface area contributed by atoms with Crippen LogP contribution in [-0.4, -0.2) is 14.8 Å². The Labute approximate surface area is 118 Å². The van der Waals surface area contributed by atoms with Crippen molar-refractivity contribution in [3.05, 3.63) is 46.5 Å². The zero-order valence-corrected chi connectivity index (χ0v) is 12.1. The van der Waals surface area contributed by atoms with E-state index in [1.807, 2.05) is 24.3 Å². The predicted octanol–water partition coefficient (Wildman–Crippen LogP) is 2.64. The molecule has 4 nitrogen and oxygen atoms in total. The van der Waals surface area contributed by atoms with Gasteiger partial charge in [-0.3, -0.25) is 0 Å². The molecule has 0 fully saturated rings. The first-order valence-corrected chi connectivity index (χ1v) is 6.84. The first-order valence-electron chi connectivity index (χ1n) is 6.46. The Kier molecular flexibility index (Phi) is 4.56. The molecule has 0 unspecified atom stereocenters. The number of benzene rings is 1. The van der Waals surface area contributed by atoms with Gasteiger partial charge in [0.2, 0.25) is 0 Å². The fourth-order valence-corrected chi connectivity index (χ4v) is 2.24. The molecule has 0 atom stereocenters. The summed E-state index contributed by atoms with van der Waals surface area (Å²) in [5.41, 5.74) is 6.77. The topological polar surface area (TPSA) is 56.7 Å². The fourth-order valence-electron chi connectivity index (χ4n) is 2.04. The second kappa shape index (κ2) is 6.17. The smallest absolute Gasteiger partial charge is 0.146 e. The second-order valence-electron chi connectivity index (χ2n) is 5.01. The molecule has 2 rings (SSSR count). The summed E-state index contributed by atoms with van der Waals surface area (Å²) in [7, 11) is 0. The van der Waals surface area contributed by atoms with Crippen molar-refractivity contribution in [3.8, 4) is 0 Å². The number of nitrogens with two attached hydrogens (primary N) is 1. The quantitative estimate of drug-likeness (QED) is 0.915. The van der Waals surface area contributed by atoms with Crippen molar-refractivity contribution >= 4 is 11.6 Å². The van der Waals surface area contributed by atoms with Gasteiger partial charge in [-0.1, -0.05) is 43.6 Å². The molecular weight excluding hydrogens is 260 g/mol. The van der Waals surface area contributed by atoms with Crippen LogP contribution in [0.15, 0.2) is 24.3 Å². The molecule has 0 saturated heterocycles. The molecule has 19 heavy (non-hydrogen) atoms. The van der Waals surface area contributed by atoms with E-state index in [9.17, 15) is 0 Å². The molecule has 0 aliphatic heterocycles. The highest BCUT2D eigenvalue weighted by molar-refractivity contribution is 6.31. The van der Waals surface area contributed by atoms with Crippen LogP contribution in [0.3, 0.4) is 0 Å². The van der Waals surface area contributed by atoms with E-state index in [1.54, 1.807) is 0 Å². The minimum absolute atomic E-state index is 0.405. The normalized spacial score (nSPS) is 11.2. The van der Waals surface area contributed by atoms with E-state index in [2.05, 4.69) is 28.6 Å². The van der Waals surface area contributed by atoms with Gasteiger partial charge >= 0.3 is 0 Å². The number of aromatic nitrogens is 3. The Balaban J connectivity index is 2.30. The van der Waals surface area contributed by atoms with Crippen LogP contribution in [0.2, 0.25) is 5.02 Å². The van der Waals surface area contributed by atoms with Gasteiger partial charge in [0, 0.05) is 18.0 Å². The average Bonchev–Trinajstić information content (AvgIpc) is 2.74. The first kappa shape index (κ1) is 14.0.